The Morgan fingerprint density at radius 3 is 2.50 bits per heavy atom. The van der Waals surface area contributed by atoms with Crippen molar-refractivity contribution < 1.29 is 9.53 Å². The minimum Gasteiger partial charge on any atom is -0.370 e. The predicted molar refractivity (Wildman–Crippen MR) is 48.7 cm³/mol. The number of hydrogen-bond donors (Lipinski definition) is 0. The summed E-state index contributed by atoms with van der Waals surface area (Å²) in [4.78, 5) is 11.3. The lowest BCUT2D eigenvalue weighted by Crippen LogP contribution is -2.29. The predicted octanol–water partition coefficient (Wildman–Crippen LogP) is 1.64. The van der Waals surface area contributed by atoms with Crippen LogP contribution in [0.4, 0.5) is 0 Å². The topological polar surface area (TPSA) is 26.3 Å². The van der Waals surface area contributed by atoms with Gasteiger partial charge in [0.15, 0.2) is 5.78 Å². The number of rotatable bonds is 5. The molecular formula is C10H16O2. The zero-order valence-electron chi connectivity index (χ0n) is 7.96. The van der Waals surface area contributed by atoms with Crippen LogP contribution in [-0.4, -0.2) is 18.5 Å². The summed E-state index contributed by atoms with van der Waals surface area (Å²) in [5.74, 6) is 2.54. The fourth-order valence-electron chi connectivity index (χ4n) is 1.04. The molecule has 1 unspecified atom stereocenters. The molecule has 68 valence electrons. The van der Waals surface area contributed by atoms with Crippen molar-refractivity contribution in [1.29, 1.82) is 0 Å². The molecule has 0 aliphatic carbocycles. The summed E-state index contributed by atoms with van der Waals surface area (Å²) < 4.78 is 5.27. The van der Waals surface area contributed by atoms with Gasteiger partial charge in [-0.2, -0.15) is 0 Å². The quantitative estimate of drug-likeness (QED) is 0.583. The zero-order chi connectivity index (χ0) is 9.56. The van der Waals surface area contributed by atoms with Crippen molar-refractivity contribution in [3.05, 3.63) is 0 Å². The fraction of sp³-hybridized carbons (Fsp3) is 0.700. The molecule has 2 heteroatoms. The van der Waals surface area contributed by atoms with Crippen LogP contribution >= 0.6 is 0 Å². The van der Waals surface area contributed by atoms with Gasteiger partial charge < -0.3 is 4.74 Å². The zero-order valence-corrected chi connectivity index (χ0v) is 7.96. The highest BCUT2D eigenvalue weighted by atomic mass is 16.5. The molecule has 0 rings (SSSR count). The first-order valence-electron chi connectivity index (χ1n) is 4.21. The van der Waals surface area contributed by atoms with E-state index in [1.807, 2.05) is 20.8 Å². The molecule has 0 aliphatic rings. The third-order valence-corrected chi connectivity index (χ3v) is 1.55. The van der Waals surface area contributed by atoms with E-state index >= 15 is 0 Å². The molecule has 0 amide bonds. The van der Waals surface area contributed by atoms with Gasteiger partial charge >= 0.3 is 0 Å². The molecule has 0 heterocycles. The number of ketones is 1. The first-order chi connectivity index (χ1) is 5.63. The summed E-state index contributed by atoms with van der Waals surface area (Å²) in [5.41, 5.74) is 0. The van der Waals surface area contributed by atoms with E-state index in [0.717, 1.165) is 0 Å². The lowest BCUT2D eigenvalue weighted by Gasteiger charge is -2.18. The summed E-state index contributed by atoms with van der Waals surface area (Å²) in [6.45, 7) is 6.33. The molecule has 0 spiro atoms. The number of terminal acetylenes is 1. The molecule has 0 aromatic carbocycles. The molecule has 0 N–H and O–H groups in total. The van der Waals surface area contributed by atoms with Crippen LogP contribution in [0.3, 0.4) is 0 Å². The Morgan fingerprint density at radius 1 is 1.58 bits per heavy atom. The van der Waals surface area contributed by atoms with E-state index in [2.05, 4.69) is 5.92 Å². The Labute approximate surface area is 74.3 Å². The molecule has 0 aromatic heterocycles. The SMILES string of the molecule is C#CCC(=O)C(OCC)C(C)C. The minimum atomic E-state index is -0.328. The molecule has 0 radical (unpaired) electrons. The van der Waals surface area contributed by atoms with Crippen molar-refractivity contribution in [3.63, 3.8) is 0 Å². The van der Waals surface area contributed by atoms with E-state index in [-0.39, 0.29) is 24.2 Å². The van der Waals surface area contributed by atoms with Crippen LogP contribution in [0.25, 0.3) is 0 Å². The monoisotopic (exact) mass is 168 g/mol. The van der Waals surface area contributed by atoms with Crippen LogP contribution in [0.2, 0.25) is 0 Å². The Balaban J connectivity index is 4.11. The second-order valence-electron chi connectivity index (χ2n) is 2.97. The molecule has 0 aromatic rings. The second kappa shape index (κ2) is 5.79. The molecule has 0 saturated heterocycles. The van der Waals surface area contributed by atoms with Gasteiger partial charge in [0, 0.05) is 6.61 Å². The Kier molecular flexibility index (Phi) is 5.40. The Hall–Kier alpha value is -0.810. The minimum absolute atomic E-state index is 0.00866. The lowest BCUT2D eigenvalue weighted by atomic mass is 10.0. The highest BCUT2D eigenvalue weighted by molar-refractivity contribution is 5.85. The molecule has 0 saturated carbocycles. The normalized spacial score (nSPS) is 12.6. The van der Waals surface area contributed by atoms with Gasteiger partial charge in [0.05, 0.1) is 6.42 Å². The van der Waals surface area contributed by atoms with E-state index in [4.69, 9.17) is 11.2 Å². The maximum Gasteiger partial charge on any atom is 0.173 e. The number of ether oxygens (including phenoxy) is 1. The van der Waals surface area contributed by atoms with Gasteiger partial charge in [-0.1, -0.05) is 19.8 Å². The first kappa shape index (κ1) is 11.2. The average molecular weight is 168 g/mol. The third-order valence-electron chi connectivity index (χ3n) is 1.55. The van der Waals surface area contributed by atoms with Crippen molar-refractivity contribution >= 4 is 5.78 Å². The van der Waals surface area contributed by atoms with Crippen LogP contribution in [0.1, 0.15) is 27.2 Å². The van der Waals surface area contributed by atoms with E-state index in [9.17, 15) is 4.79 Å². The number of carbonyl (C=O) groups is 1. The molecule has 0 aliphatic heterocycles. The molecule has 0 fully saturated rings. The summed E-state index contributed by atoms with van der Waals surface area (Å²) in [7, 11) is 0. The number of hydrogen-bond acceptors (Lipinski definition) is 2. The molecule has 0 bridgehead atoms. The molecule has 12 heavy (non-hydrogen) atoms. The van der Waals surface area contributed by atoms with Crippen LogP contribution < -0.4 is 0 Å². The van der Waals surface area contributed by atoms with Crippen molar-refractivity contribution in [1.82, 2.24) is 0 Å². The Bertz CT molecular complexity index is 177. The summed E-state index contributed by atoms with van der Waals surface area (Å²) in [6, 6.07) is 0. The van der Waals surface area contributed by atoms with Crippen molar-refractivity contribution in [2.45, 2.75) is 33.3 Å². The van der Waals surface area contributed by atoms with E-state index in [1.165, 1.54) is 0 Å². The van der Waals surface area contributed by atoms with Crippen molar-refractivity contribution in [2.75, 3.05) is 6.61 Å². The van der Waals surface area contributed by atoms with Crippen LogP contribution in [0.15, 0.2) is 0 Å². The smallest absolute Gasteiger partial charge is 0.173 e. The van der Waals surface area contributed by atoms with Gasteiger partial charge in [0.25, 0.3) is 0 Å². The maximum atomic E-state index is 11.3. The van der Waals surface area contributed by atoms with Gasteiger partial charge in [-0.3, -0.25) is 4.79 Å². The summed E-state index contributed by atoms with van der Waals surface area (Å²) in [5, 5.41) is 0. The summed E-state index contributed by atoms with van der Waals surface area (Å²) >= 11 is 0. The standard InChI is InChI=1S/C10H16O2/c1-5-7-9(11)10(8(3)4)12-6-2/h1,8,10H,6-7H2,2-4H3. The average Bonchev–Trinajstić information content (AvgIpc) is 1.99. The first-order valence-corrected chi connectivity index (χ1v) is 4.21. The maximum absolute atomic E-state index is 11.3. The van der Waals surface area contributed by atoms with Gasteiger partial charge in [-0.05, 0) is 12.8 Å². The molecular weight excluding hydrogens is 152 g/mol. The van der Waals surface area contributed by atoms with Gasteiger partial charge in [-0.25, -0.2) is 0 Å². The highest BCUT2D eigenvalue weighted by Crippen LogP contribution is 2.09. The third kappa shape index (κ3) is 3.54. The highest BCUT2D eigenvalue weighted by Gasteiger charge is 2.20. The molecule has 1 atom stereocenters. The van der Waals surface area contributed by atoms with E-state index < -0.39 is 0 Å². The number of carbonyl (C=O) groups excluding carboxylic acids is 1. The van der Waals surface area contributed by atoms with Crippen molar-refractivity contribution in [3.8, 4) is 12.3 Å². The van der Waals surface area contributed by atoms with Crippen LogP contribution in [0.5, 0.6) is 0 Å². The van der Waals surface area contributed by atoms with Gasteiger partial charge in [0.1, 0.15) is 6.10 Å². The summed E-state index contributed by atoms with van der Waals surface area (Å²) in [6.07, 6.45) is 4.88. The largest absolute Gasteiger partial charge is 0.370 e. The lowest BCUT2D eigenvalue weighted by molar-refractivity contribution is -0.131. The fourth-order valence-corrected chi connectivity index (χ4v) is 1.04. The Morgan fingerprint density at radius 2 is 2.17 bits per heavy atom. The van der Waals surface area contributed by atoms with Crippen LogP contribution in [-0.2, 0) is 9.53 Å². The van der Waals surface area contributed by atoms with Crippen LogP contribution in [0, 0.1) is 18.3 Å². The van der Waals surface area contributed by atoms with Gasteiger partial charge in [0.2, 0.25) is 0 Å². The van der Waals surface area contributed by atoms with Crippen molar-refractivity contribution in [2.24, 2.45) is 5.92 Å². The van der Waals surface area contributed by atoms with E-state index in [0.29, 0.717) is 6.61 Å². The van der Waals surface area contributed by atoms with Gasteiger partial charge in [-0.15, -0.1) is 6.42 Å². The number of Topliss-reactive ketones (excluding diaryl/α,β-unsaturated/α-hetero) is 1. The second-order valence-corrected chi connectivity index (χ2v) is 2.97. The van der Waals surface area contributed by atoms with E-state index in [1.54, 1.807) is 0 Å². The molecule has 2 nitrogen and oxygen atoms in total.